The monoisotopic (exact) mass is 457 g/mol. The molecule has 0 heterocycles. The first-order chi connectivity index (χ1) is 14.8. The van der Waals surface area contributed by atoms with Crippen LogP contribution in [0.1, 0.15) is 72.1 Å². The second-order valence-electron chi connectivity index (χ2n) is 10.2. The summed E-state index contributed by atoms with van der Waals surface area (Å²) < 4.78 is 6.22. The second kappa shape index (κ2) is 11.7. The molecule has 0 bridgehead atoms. The number of nitrogens with zero attached hydrogens (tertiary/aromatic N) is 1. The number of carboxylic acid groups (broad SMARTS) is 1. The fraction of sp³-hybridized carbons (Fsp3) is 0.519. The van der Waals surface area contributed by atoms with E-state index in [-0.39, 0.29) is 5.04 Å². The Morgan fingerprint density at radius 3 is 2.16 bits per heavy atom. The molecule has 2 rings (SSSR count). The van der Waals surface area contributed by atoms with Crippen LogP contribution in [0.5, 0.6) is 0 Å². The Labute approximate surface area is 197 Å². The second-order valence-corrected chi connectivity index (χ2v) is 13.6. The maximum absolute atomic E-state index is 11.7. The van der Waals surface area contributed by atoms with Crippen LogP contribution in [0.25, 0.3) is 11.1 Å². The van der Waals surface area contributed by atoms with Gasteiger partial charge in [-0.3, -0.25) is 4.90 Å². The Balaban J connectivity index is 0.00000249. The third kappa shape index (κ3) is 8.10. The molecule has 0 aliphatic heterocycles. The third-order valence-corrected chi connectivity index (χ3v) is 8.75. The van der Waals surface area contributed by atoms with Crippen molar-refractivity contribution >= 4 is 15.1 Å². The van der Waals surface area contributed by atoms with Crippen molar-refractivity contribution in [3.8, 4) is 11.1 Å². The van der Waals surface area contributed by atoms with Gasteiger partial charge in [0.2, 0.25) is 0 Å². The topological polar surface area (TPSA) is 49.8 Å². The Hall–Kier alpha value is -2.11. The van der Waals surface area contributed by atoms with Crippen molar-refractivity contribution in [1.82, 2.24) is 4.90 Å². The van der Waals surface area contributed by atoms with E-state index in [0.29, 0.717) is 13.2 Å². The standard InChI is InChI=1S/C25H37NO3Si.C2H6/c1-18-12-13-19(16-26(23(27)28)24(2,3)4)15-22(18)21-11-9-10-20(14-21)17-29-30(8)25(5,6)7;1-2/h9-15,30H,16-17H2,1-8H3,(H,27,28);1-2H3. The first kappa shape index (κ1) is 27.9. The zero-order valence-corrected chi connectivity index (χ0v) is 22.9. The third-order valence-electron chi connectivity index (χ3n) is 5.64. The molecule has 2 aromatic carbocycles. The van der Waals surface area contributed by atoms with Crippen molar-refractivity contribution in [2.75, 3.05) is 0 Å². The fourth-order valence-electron chi connectivity index (χ4n) is 3.15. The molecular weight excluding hydrogens is 414 g/mol. The zero-order valence-electron chi connectivity index (χ0n) is 21.7. The molecule has 0 saturated heterocycles. The molecular formula is C27H43NO3Si. The van der Waals surface area contributed by atoms with Crippen LogP contribution in [0.4, 0.5) is 4.79 Å². The van der Waals surface area contributed by atoms with Crippen LogP contribution in [0.3, 0.4) is 0 Å². The number of hydrogen-bond acceptors (Lipinski definition) is 2. The van der Waals surface area contributed by atoms with Gasteiger partial charge in [-0.05, 0) is 79.2 Å². The first-order valence-electron chi connectivity index (χ1n) is 11.6. The van der Waals surface area contributed by atoms with Crippen LogP contribution in [0.2, 0.25) is 11.6 Å². The van der Waals surface area contributed by atoms with Crippen molar-refractivity contribution in [2.24, 2.45) is 0 Å². The molecule has 0 aliphatic carbocycles. The number of rotatable bonds is 6. The smallest absolute Gasteiger partial charge is 0.408 e. The number of carbonyl (C=O) groups is 1. The lowest BCUT2D eigenvalue weighted by Gasteiger charge is -2.33. The maximum Gasteiger partial charge on any atom is 0.408 e. The van der Waals surface area contributed by atoms with Gasteiger partial charge in [0.15, 0.2) is 9.04 Å². The molecule has 0 spiro atoms. The van der Waals surface area contributed by atoms with Gasteiger partial charge >= 0.3 is 6.09 Å². The van der Waals surface area contributed by atoms with E-state index in [0.717, 1.165) is 16.7 Å². The molecule has 0 radical (unpaired) electrons. The van der Waals surface area contributed by atoms with Crippen LogP contribution in [0, 0.1) is 6.92 Å². The van der Waals surface area contributed by atoms with Gasteiger partial charge in [-0.2, -0.15) is 0 Å². The van der Waals surface area contributed by atoms with E-state index in [1.54, 1.807) is 0 Å². The molecule has 1 atom stereocenters. The summed E-state index contributed by atoms with van der Waals surface area (Å²) >= 11 is 0. The molecule has 0 aromatic heterocycles. The average molecular weight is 458 g/mol. The zero-order chi connectivity index (χ0) is 24.7. The largest absolute Gasteiger partial charge is 0.465 e. The van der Waals surface area contributed by atoms with Crippen molar-refractivity contribution in [3.63, 3.8) is 0 Å². The van der Waals surface area contributed by atoms with Crippen molar-refractivity contribution in [3.05, 3.63) is 59.2 Å². The summed E-state index contributed by atoms with van der Waals surface area (Å²) in [6.07, 6.45) is -0.902. The van der Waals surface area contributed by atoms with Gasteiger partial charge in [-0.25, -0.2) is 4.79 Å². The summed E-state index contributed by atoms with van der Waals surface area (Å²) in [5, 5.41) is 9.87. The number of aryl methyl sites for hydroxylation is 1. The van der Waals surface area contributed by atoms with Crippen molar-refractivity contribution in [2.45, 2.75) is 92.6 Å². The lowest BCUT2D eigenvalue weighted by molar-refractivity contribution is 0.0955. The van der Waals surface area contributed by atoms with E-state index in [2.05, 4.69) is 70.6 Å². The van der Waals surface area contributed by atoms with E-state index < -0.39 is 20.7 Å². The maximum atomic E-state index is 11.7. The summed E-state index contributed by atoms with van der Waals surface area (Å²) in [5.41, 5.74) is 5.15. The Bertz CT molecular complexity index is 881. The van der Waals surface area contributed by atoms with E-state index >= 15 is 0 Å². The SMILES string of the molecule is CC.Cc1ccc(CN(C(=O)O)C(C)(C)C)cc1-c1cccc(CO[SiH](C)C(C)(C)C)c1. The molecule has 1 amide bonds. The van der Waals surface area contributed by atoms with E-state index in [4.69, 9.17) is 4.43 Å². The Kier molecular flexibility index (Phi) is 10.2. The van der Waals surface area contributed by atoms with Gasteiger partial charge in [0.25, 0.3) is 0 Å². The molecule has 178 valence electrons. The quantitative estimate of drug-likeness (QED) is 0.453. The van der Waals surface area contributed by atoms with Gasteiger partial charge in [-0.15, -0.1) is 0 Å². The highest BCUT2D eigenvalue weighted by Crippen LogP contribution is 2.30. The van der Waals surface area contributed by atoms with Crippen LogP contribution in [0.15, 0.2) is 42.5 Å². The molecule has 2 aromatic rings. The highest BCUT2D eigenvalue weighted by atomic mass is 28.3. The van der Waals surface area contributed by atoms with Crippen molar-refractivity contribution < 1.29 is 14.3 Å². The van der Waals surface area contributed by atoms with E-state index in [1.165, 1.54) is 16.0 Å². The van der Waals surface area contributed by atoms with Crippen molar-refractivity contribution in [1.29, 1.82) is 0 Å². The van der Waals surface area contributed by atoms with Gasteiger partial charge in [-0.1, -0.05) is 65.0 Å². The Morgan fingerprint density at radius 2 is 1.62 bits per heavy atom. The highest BCUT2D eigenvalue weighted by molar-refractivity contribution is 6.53. The summed E-state index contributed by atoms with van der Waals surface area (Å²) in [4.78, 5) is 13.2. The lowest BCUT2D eigenvalue weighted by atomic mass is 9.96. The van der Waals surface area contributed by atoms with Gasteiger partial charge in [0, 0.05) is 12.1 Å². The summed E-state index contributed by atoms with van der Waals surface area (Å²) in [6.45, 7) is 21.8. The van der Waals surface area contributed by atoms with Crippen LogP contribution in [-0.2, 0) is 17.6 Å². The predicted molar refractivity (Wildman–Crippen MR) is 139 cm³/mol. The van der Waals surface area contributed by atoms with E-state index in [9.17, 15) is 9.90 Å². The molecule has 0 aliphatic rings. The normalized spacial score (nSPS) is 12.6. The average Bonchev–Trinajstić information content (AvgIpc) is 2.71. The Morgan fingerprint density at radius 1 is 1.00 bits per heavy atom. The van der Waals surface area contributed by atoms with Crippen LogP contribution < -0.4 is 0 Å². The van der Waals surface area contributed by atoms with Gasteiger partial charge in [0.1, 0.15) is 0 Å². The minimum Gasteiger partial charge on any atom is -0.465 e. The fourth-order valence-corrected chi connectivity index (χ4v) is 4.10. The molecule has 5 heteroatoms. The molecule has 0 saturated carbocycles. The minimum absolute atomic E-state index is 0.242. The first-order valence-corrected chi connectivity index (χ1v) is 13.8. The molecule has 4 nitrogen and oxygen atoms in total. The summed E-state index contributed by atoms with van der Waals surface area (Å²) in [6, 6.07) is 14.7. The lowest BCUT2D eigenvalue weighted by Crippen LogP contribution is -2.44. The molecule has 1 unspecified atom stereocenters. The molecule has 32 heavy (non-hydrogen) atoms. The summed E-state index contributed by atoms with van der Waals surface area (Å²) in [5.74, 6) is 0. The number of amides is 1. The van der Waals surface area contributed by atoms with Gasteiger partial charge in [0.05, 0.1) is 6.61 Å². The summed E-state index contributed by atoms with van der Waals surface area (Å²) in [7, 11) is -1.27. The highest BCUT2D eigenvalue weighted by Gasteiger charge is 2.26. The van der Waals surface area contributed by atoms with Crippen LogP contribution >= 0.6 is 0 Å². The predicted octanol–water partition coefficient (Wildman–Crippen LogP) is 7.64. The number of hydrogen-bond donors (Lipinski definition) is 1. The number of benzene rings is 2. The van der Waals surface area contributed by atoms with E-state index in [1.807, 2.05) is 40.7 Å². The van der Waals surface area contributed by atoms with Gasteiger partial charge < -0.3 is 9.53 Å². The minimum atomic E-state index is -1.27. The molecule has 1 N–H and O–H groups in total. The molecule has 0 fully saturated rings. The van der Waals surface area contributed by atoms with Crippen LogP contribution in [-0.4, -0.2) is 30.7 Å².